The van der Waals surface area contributed by atoms with E-state index in [1.165, 1.54) is 19.0 Å². The smallest absolute Gasteiger partial charge is 0.250 e. The molecular weight excluding hydrogens is 354 g/mol. The predicted octanol–water partition coefficient (Wildman–Crippen LogP) is 1.40. The molecule has 7 nitrogen and oxygen atoms in total. The number of primary amides is 1. The SMILES string of the molecule is CC(C(=O)NC1CCCC1)N1CCN(c2ncc(C(N)=O)cc2Cl)CC1. The summed E-state index contributed by atoms with van der Waals surface area (Å²) in [5.74, 6) is 0.226. The molecule has 3 rings (SSSR count). The van der Waals surface area contributed by atoms with Gasteiger partial charge in [0.25, 0.3) is 0 Å². The second-order valence-electron chi connectivity index (χ2n) is 7.08. The lowest BCUT2D eigenvalue weighted by Gasteiger charge is -2.38. The predicted molar refractivity (Wildman–Crippen MR) is 101 cm³/mol. The molecule has 1 aromatic heterocycles. The molecule has 2 aliphatic rings. The number of rotatable bonds is 5. The Balaban J connectivity index is 1.55. The van der Waals surface area contributed by atoms with Crippen LogP contribution in [0, 0.1) is 0 Å². The third kappa shape index (κ3) is 4.27. The Kier molecular flexibility index (Phi) is 5.98. The number of pyridine rings is 1. The fraction of sp³-hybridized carbons (Fsp3) is 0.611. The third-order valence-corrected chi connectivity index (χ3v) is 5.63. The summed E-state index contributed by atoms with van der Waals surface area (Å²) in [7, 11) is 0. The van der Waals surface area contributed by atoms with Gasteiger partial charge in [0.1, 0.15) is 5.82 Å². The highest BCUT2D eigenvalue weighted by molar-refractivity contribution is 6.33. The number of anilines is 1. The van der Waals surface area contributed by atoms with Crippen LogP contribution < -0.4 is 16.0 Å². The molecule has 142 valence electrons. The molecule has 1 aliphatic carbocycles. The lowest BCUT2D eigenvalue weighted by molar-refractivity contribution is -0.126. The highest BCUT2D eigenvalue weighted by Gasteiger charge is 2.28. The van der Waals surface area contributed by atoms with Crippen molar-refractivity contribution in [2.24, 2.45) is 5.73 Å². The normalized spacial score (nSPS) is 20.2. The van der Waals surface area contributed by atoms with Gasteiger partial charge in [-0.2, -0.15) is 0 Å². The van der Waals surface area contributed by atoms with Crippen LogP contribution in [0.3, 0.4) is 0 Å². The standard InChI is InChI=1S/C18H26ClN5O2/c1-12(18(26)22-14-4-2-3-5-14)23-6-8-24(9-7-23)17-15(19)10-13(11-21-17)16(20)25/h10-12,14H,2-9H2,1H3,(H2,20,25)(H,22,26). The maximum absolute atomic E-state index is 12.5. The highest BCUT2D eigenvalue weighted by Crippen LogP contribution is 2.25. The van der Waals surface area contributed by atoms with Gasteiger partial charge in [-0.3, -0.25) is 14.5 Å². The van der Waals surface area contributed by atoms with Gasteiger partial charge in [0.05, 0.1) is 16.6 Å². The number of nitrogens with two attached hydrogens (primary N) is 1. The van der Waals surface area contributed by atoms with Gasteiger partial charge in [-0.1, -0.05) is 24.4 Å². The van der Waals surface area contributed by atoms with Crippen molar-refractivity contribution in [1.82, 2.24) is 15.2 Å². The molecule has 2 heterocycles. The maximum atomic E-state index is 12.5. The van der Waals surface area contributed by atoms with E-state index in [0.29, 0.717) is 22.4 Å². The van der Waals surface area contributed by atoms with Crippen LogP contribution in [-0.2, 0) is 4.79 Å². The number of nitrogens with one attached hydrogen (secondary N) is 1. The van der Waals surface area contributed by atoms with E-state index in [0.717, 1.165) is 39.0 Å². The van der Waals surface area contributed by atoms with Crippen LogP contribution in [0.15, 0.2) is 12.3 Å². The van der Waals surface area contributed by atoms with Gasteiger partial charge in [0, 0.05) is 38.4 Å². The zero-order chi connectivity index (χ0) is 18.7. The van der Waals surface area contributed by atoms with Crippen LogP contribution in [0.1, 0.15) is 43.0 Å². The average molecular weight is 380 g/mol. The number of piperazine rings is 1. The number of hydrogen-bond donors (Lipinski definition) is 2. The lowest BCUT2D eigenvalue weighted by Crippen LogP contribution is -2.55. The Morgan fingerprint density at radius 1 is 1.27 bits per heavy atom. The Labute approximate surface area is 158 Å². The van der Waals surface area contributed by atoms with Crippen LogP contribution in [0.4, 0.5) is 5.82 Å². The molecular formula is C18H26ClN5O2. The van der Waals surface area contributed by atoms with Crippen LogP contribution in [0.25, 0.3) is 0 Å². The lowest BCUT2D eigenvalue weighted by atomic mass is 10.2. The van der Waals surface area contributed by atoms with Crippen molar-refractivity contribution in [1.29, 1.82) is 0 Å². The number of carbonyl (C=O) groups excluding carboxylic acids is 2. The van der Waals surface area contributed by atoms with Crippen molar-refractivity contribution in [2.75, 3.05) is 31.1 Å². The van der Waals surface area contributed by atoms with E-state index in [2.05, 4.69) is 20.1 Å². The summed E-state index contributed by atoms with van der Waals surface area (Å²) in [5, 5.41) is 3.59. The minimum Gasteiger partial charge on any atom is -0.366 e. The van der Waals surface area contributed by atoms with Crippen molar-refractivity contribution in [2.45, 2.75) is 44.7 Å². The van der Waals surface area contributed by atoms with Crippen LogP contribution in [-0.4, -0.2) is 60.0 Å². The summed E-state index contributed by atoms with van der Waals surface area (Å²) < 4.78 is 0. The van der Waals surface area contributed by atoms with Crippen molar-refractivity contribution in [3.05, 3.63) is 22.8 Å². The van der Waals surface area contributed by atoms with E-state index < -0.39 is 5.91 Å². The minimum atomic E-state index is -0.544. The van der Waals surface area contributed by atoms with Gasteiger partial charge >= 0.3 is 0 Å². The topological polar surface area (TPSA) is 91.6 Å². The zero-order valence-corrected chi connectivity index (χ0v) is 15.8. The van der Waals surface area contributed by atoms with Crippen molar-refractivity contribution >= 4 is 29.2 Å². The number of amides is 2. The molecule has 0 radical (unpaired) electrons. The number of carbonyl (C=O) groups is 2. The number of halogens is 1. The summed E-state index contributed by atoms with van der Waals surface area (Å²) >= 11 is 6.26. The first kappa shape index (κ1) is 18.9. The fourth-order valence-electron chi connectivity index (χ4n) is 3.68. The summed E-state index contributed by atoms with van der Waals surface area (Å²) in [6.07, 6.45) is 6.06. The molecule has 1 aliphatic heterocycles. The number of hydrogen-bond acceptors (Lipinski definition) is 5. The first-order valence-electron chi connectivity index (χ1n) is 9.20. The Morgan fingerprint density at radius 3 is 2.50 bits per heavy atom. The first-order chi connectivity index (χ1) is 12.5. The molecule has 1 saturated heterocycles. The monoisotopic (exact) mass is 379 g/mol. The molecule has 1 unspecified atom stereocenters. The zero-order valence-electron chi connectivity index (χ0n) is 15.1. The average Bonchev–Trinajstić information content (AvgIpc) is 3.14. The number of aromatic nitrogens is 1. The minimum absolute atomic E-state index is 0.118. The second-order valence-corrected chi connectivity index (χ2v) is 7.49. The van der Waals surface area contributed by atoms with E-state index in [-0.39, 0.29) is 11.9 Å². The molecule has 3 N–H and O–H groups in total. The summed E-state index contributed by atoms with van der Waals surface area (Å²) in [4.78, 5) is 32.2. The van der Waals surface area contributed by atoms with Crippen LogP contribution in [0.5, 0.6) is 0 Å². The number of nitrogens with zero attached hydrogens (tertiary/aromatic N) is 3. The Hall–Kier alpha value is -1.86. The molecule has 1 aromatic rings. The molecule has 26 heavy (non-hydrogen) atoms. The Bertz CT molecular complexity index is 670. The van der Waals surface area contributed by atoms with E-state index in [1.807, 2.05) is 6.92 Å². The molecule has 1 atom stereocenters. The quantitative estimate of drug-likeness (QED) is 0.806. The van der Waals surface area contributed by atoms with Crippen molar-refractivity contribution < 1.29 is 9.59 Å². The Morgan fingerprint density at radius 2 is 1.92 bits per heavy atom. The van der Waals surface area contributed by atoms with Crippen molar-refractivity contribution in [3.63, 3.8) is 0 Å². The molecule has 2 amide bonds. The third-order valence-electron chi connectivity index (χ3n) is 5.35. The fourth-order valence-corrected chi connectivity index (χ4v) is 3.96. The van der Waals surface area contributed by atoms with Crippen molar-refractivity contribution in [3.8, 4) is 0 Å². The highest BCUT2D eigenvalue weighted by atomic mass is 35.5. The maximum Gasteiger partial charge on any atom is 0.250 e. The van der Waals surface area contributed by atoms with Gasteiger partial charge in [-0.05, 0) is 25.8 Å². The first-order valence-corrected chi connectivity index (χ1v) is 9.58. The summed E-state index contributed by atoms with van der Waals surface area (Å²) in [5.41, 5.74) is 5.55. The van der Waals surface area contributed by atoms with E-state index in [1.54, 1.807) is 6.07 Å². The summed E-state index contributed by atoms with van der Waals surface area (Å²) in [6.45, 7) is 4.93. The van der Waals surface area contributed by atoms with Crippen LogP contribution in [0.2, 0.25) is 5.02 Å². The largest absolute Gasteiger partial charge is 0.366 e. The van der Waals surface area contributed by atoms with Gasteiger partial charge in [0.2, 0.25) is 11.8 Å². The molecule has 8 heteroatoms. The molecule has 0 aromatic carbocycles. The van der Waals surface area contributed by atoms with E-state index >= 15 is 0 Å². The van der Waals surface area contributed by atoms with Gasteiger partial charge in [-0.25, -0.2) is 4.98 Å². The van der Waals surface area contributed by atoms with Gasteiger partial charge in [-0.15, -0.1) is 0 Å². The van der Waals surface area contributed by atoms with Gasteiger partial charge < -0.3 is 16.0 Å². The molecule has 1 saturated carbocycles. The molecule has 2 fully saturated rings. The molecule has 0 bridgehead atoms. The molecule has 0 spiro atoms. The van der Waals surface area contributed by atoms with Crippen LogP contribution >= 0.6 is 11.6 Å². The second kappa shape index (κ2) is 8.22. The van der Waals surface area contributed by atoms with E-state index in [9.17, 15) is 9.59 Å². The summed E-state index contributed by atoms with van der Waals surface area (Å²) in [6, 6.07) is 1.76. The van der Waals surface area contributed by atoms with Gasteiger partial charge in [0.15, 0.2) is 0 Å². The van der Waals surface area contributed by atoms with E-state index in [4.69, 9.17) is 17.3 Å².